The van der Waals surface area contributed by atoms with Crippen LogP contribution in [0, 0.1) is 0 Å². The number of anilines is 4. The molecule has 5 heterocycles. The lowest BCUT2D eigenvalue weighted by atomic mass is 10.0. The Bertz CT molecular complexity index is 1650. The average molecular weight is 566 g/mol. The Morgan fingerprint density at radius 1 is 0.951 bits per heavy atom. The minimum atomic E-state index is -0.559. The topological polar surface area (TPSA) is 110 Å². The van der Waals surface area contributed by atoms with Crippen LogP contribution in [0.1, 0.15) is 5.56 Å². The lowest BCUT2D eigenvalue weighted by Crippen LogP contribution is -2.39. The van der Waals surface area contributed by atoms with Crippen LogP contribution in [-0.2, 0) is 16.0 Å². The molecule has 10 nitrogen and oxygen atoms in total. The van der Waals surface area contributed by atoms with Gasteiger partial charge in [0.05, 0.1) is 19.8 Å². The minimum absolute atomic E-state index is 0.0529. The van der Waals surface area contributed by atoms with E-state index in [4.69, 9.17) is 14.1 Å². The van der Waals surface area contributed by atoms with Crippen molar-refractivity contribution in [2.75, 3.05) is 48.0 Å². The predicted octanol–water partition coefficient (Wildman–Crippen LogP) is 4.84. The number of ketones is 1. The van der Waals surface area contributed by atoms with Crippen LogP contribution < -0.4 is 15.1 Å². The van der Waals surface area contributed by atoms with Crippen LogP contribution in [-0.4, -0.2) is 64.8 Å². The van der Waals surface area contributed by atoms with E-state index >= 15 is 0 Å². The third-order valence-electron chi connectivity index (χ3n) is 7.21. The molecule has 11 heteroatoms. The maximum absolute atomic E-state index is 13.4. The number of para-hydroxylation sites is 2. The largest absolute Gasteiger partial charge is 0.402 e. The van der Waals surface area contributed by atoms with E-state index in [-0.39, 0.29) is 11.8 Å². The maximum Gasteiger partial charge on any atom is 0.316 e. The summed E-state index contributed by atoms with van der Waals surface area (Å²) in [4.78, 5) is 27.0. The normalized spacial score (nSPS) is 17.3. The van der Waals surface area contributed by atoms with Gasteiger partial charge in [0, 0.05) is 48.8 Å². The van der Waals surface area contributed by atoms with E-state index in [0.717, 1.165) is 45.6 Å². The average Bonchev–Trinajstić information content (AvgIpc) is 3.65. The Hall–Kier alpha value is -4.61. The van der Waals surface area contributed by atoms with Gasteiger partial charge in [0.25, 0.3) is 5.89 Å². The van der Waals surface area contributed by atoms with Crippen LogP contribution in [0.4, 0.5) is 22.4 Å². The molecule has 2 aliphatic heterocycles. The number of aromatic nitrogens is 4. The number of pyridine rings is 1. The van der Waals surface area contributed by atoms with Crippen molar-refractivity contribution in [2.45, 2.75) is 12.5 Å². The fourth-order valence-corrected chi connectivity index (χ4v) is 6.27. The lowest BCUT2D eigenvalue weighted by molar-refractivity contribution is -0.118. The monoisotopic (exact) mass is 565 g/mol. The number of benzene rings is 2. The zero-order valence-corrected chi connectivity index (χ0v) is 23.0. The number of carbonyl (C=O) groups is 1. The minimum Gasteiger partial charge on any atom is -0.402 e. The number of hydrogen-bond acceptors (Lipinski definition) is 11. The van der Waals surface area contributed by atoms with Gasteiger partial charge in [-0.2, -0.15) is 0 Å². The van der Waals surface area contributed by atoms with Gasteiger partial charge >= 0.3 is 6.01 Å². The third kappa shape index (κ3) is 5.17. The highest BCUT2D eigenvalue weighted by atomic mass is 32.1. The van der Waals surface area contributed by atoms with Crippen molar-refractivity contribution in [3.05, 3.63) is 84.7 Å². The summed E-state index contributed by atoms with van der Waals surface area (Å²) in [6, 6.07) is 21.6. The Morgan fingerprint density at radius 2 is 1.78 bits per heavy atom. The molecule has 0 saturated carbocycles. The molecular weight excluding hydrogens is 538 g/mol. The highest BCUT2D eigenvalue weighted by Crippen LogP contribution is 2.40. The zero-order chi connectivity index (χ0) is 27.6. The number of thiazole rings is 1. The fourth-order valence-electron chi connectivity index (χ4n) is 5.17. The Morgan fingerprint density at radius 3 is 2.61 bits per heavy atom. The summed E-state index contributed by atoms with van der Waals surface area (Å²) in [7, 11) is 0. The number of fused-ring (bicyclic) bond motifs is 1. The van der Waals surface area contributed by atoms with Crippen molar-refractivity contribution in [1.82, 2.24) is 20.2 Å². The van der Waals surface area contributed by atoms with Crippen molar-refractivity contribution >= 4 is 39.5 Å². The van der Waals surface area contributed by atoms with Crippen LogP contribution in [0.2, 0.25) is 0 Å². The van der Waals surface area contributed by atoms with Crippen molar-refractivity contribution in [3.8, 4) is 22.2 Å². The highest BCUT2D eigenvalue weighted by Gasteiger charge is 2.31. The molecule has 5 aromatic rings. The van der Waals surface area contributed by atoms with Crippen LogP contribution in [0.15, 0.2) is 83.5 Å². The Balaban J connectivity index is 1.19. The van der Waals surface area contributed by atoms with Crippen molar-refractivity contribution in [1.29, 1.82) is 0 Å². The van der Waals surface area contributed by atoms with Gasteiger partial charge in [0.1, 0.15) is 16.1 Å². The van der Waals surface area contributed by atoms with E-state index in [1.54, 1.807) is 23.7 Å². The molecule has 1 atom stereocenters. The number of morpholine rings is 1. The SMILES string of the molecule is O=C1Cc2ccccc2N(c2ccccc2)C[C@@H]1Nc1nnc(-c2nc(-c3cccnc3)sc2N2CCOCC2)o1. The van der Waals surface area contributed by atoms with Crippen LogP contribution >= 0.6 is 11.3 Å². The molecule has 2 aliphatic rings. The summed E-state index contributed by atoms with van der Waals surface area (Å²) in [5.41, 5.74) is 4.54. The van der Waals surface area contributed by atoms with Crippen molar-refractivity contribution in [3.63, 3.8) is 0 Å². The second-order valence-electron chi connectivity index (χ2n) is 9.84. The zero-order valence-electron chi connectivity index (χ0n) is 22.1. The molecule has 1 N–H and O–H groups in total. The molecule has 3 aromatic heterocycles. The van der Waals surface area contributed by atoms with Gasteiger partial charge in [-0.05, 0) is 35.9 Å². The highest BCUT2D eigenvalue weighted by molar-refractivity contribution is 7.19. The molecule has 41 heavy (non-hydrogen) atoms. The summed E-state index contributed by atoms with van der Waals surface area (Å²) < 4.78 is 11.7. The summed E-state index contributed by atoms with van der Waals surface area (Å²) in [6.45, 7) is 3.18. The molecule has 0 radical (unpaired) electrons. The standard InChI is InChI=1S/C30H27N7O3S/c38-25-17-20-7-4-5-11-24(20)37(22-9-2-1-3-10-22)19-23(25)32-30-35-34-27(40-30)26-29(36-13-15-39-16-14-36)41-28(33-26)21-8-6-12-31-18-21/h1-12,18,23H,13-17,19H2,(H,32,35)/t23-/m0/s1. The van der Waals surface area contributed by atoms with E-state index in [2.05, 4.69) is 36.4 Å². The molecule has 0 amide bonds. The summed E-state index contributed by atoms with van der Waals surface area (Å²) >= 11 is 1.56. The van der Waals surface area contributed by atoms with Gasteiger partial charge in [0.2, 0.25) is 0 Å². The van der Waals surface area contributed by atoms with Gasteiger partial charge in [-0.1, -0.05) is 52.8 Å². The van der Waals surface area contributed by atoms with E-state index in [0.29, 0.717) is 37.8 Å². The van der Waals surface area contributed by atoms with Gasteiger partial charge in [-0.3, -0.25) is 9.78 Å². The molecule has 2 aromatic carbocycles. The van der Waals surface area contributed by atoms with E-state index in [1.165, 1.54) is 0 Å². The van der Waals surface area contributed by atoms with Crippen LogP contribution in [0.3, 0.4) is 0 Å². The maximum atomic E-state index is 13.4. The predicted molar refractivity (Wildman–Crippen MR) is 158 cm³/mol. The van der Waals surface area contributed by atoms with Gasteiger partial charge in [-0.25, -0.2) is 4.98 Å². The second-order valence-corrected chi connectivity index (χ2v) is 10.8. The summed E-state index contributed by atoms with van der Waals surface area (Å²) in [5.74, 6) is 0.349. The number of nitrogens with one attached hydrogen (secondary N) is 1. The first-order chi connectivity index (χ1) is 20.2. The van der Waals surface area contributed by atoms with Crippen LogP contribution in [0.5, 0.6) is 0 Å². The molecule has 206 valence electrons. The quantitative estimate of drug-likeness (QED) is 0.307. The van der Waals surface area contributed by atoms with Crippen LogP contribution in [0.25, 0.3) is 22.2 Å². The first-order valence-electron chi connectivity index (χ1n) is 13.5. The van der Waals surface area contributed by atoms with E-state index in [1.807, 2.05) is 60.7 Å². The molecule has 1 fully saturated rings. The molecule has 7 rings (SSSR count). The molecule has 0 spiro atoms. The van der Waals surface area contributed by atoms with Gasteiger partial charge in [-0.15, -0.1) is 5.10 Å². The summed E-state index contributed by atoms with van der Waals surface area (Å²) in [5, 5.41) is 13.6. The molecule has 0 aliphatic carbocycles. The Labute approximate surface area is 240 Å². The molecule has 0 unspecified atom stereocenters. The van der Waals surface area contributed by atoms with E-state index < -0.39 is 6.04 Å². The first kappa shape index (κ1) is 25.4. The molecule has 0 bridgehead atoms. The number of ether oxygens (including phenoxy) is 1. The number of nitrogens with zero attached hydrogens (tertiary/aromatic N) is 6. The fraction of sp³-hybridized carbons (Fsp3) is 0.233. The van der Waals surface area contributed by atoms with Crippen molar-refractivity contribution in [2.24, 2.45) is 0 Å². The Kier molecular flexibility index (Phi) is 6.87. The molecule has 1 saturated heterocycles. The van der Waals surface area contributed by atoms with Gasteiger partial charge in [0.15, 0.2) is 11.5 Å². The smallest absolute Gasteiger partial charge is 0.316 e. The second kappa shape index (κ2) is 11.1. The number of rotatable bonds is 6. The molecular formula is C30H27N7O3S. The van der Waals surface area contributed by atoms with E-state index in [9.17, 15) is 4.79 Å². The van der Waals surface area contributed by atoms with Gasteiger partial charge < -0.3 is 24.3 Å². The summed E-state index contributed by atoms with van der Waals surface area (Å²) in [6.07, 6.45) is 3.84. The van der Waals surface area contributed by atoms with Crippen molar-refractivity contribution < 1.29 is 13.9 Å². The first-order valence-corrected chi connectivity index (χ1v) is 14.3. The number of hydrogen-bond donors (Lipinski definition) is 1. The lowest BCUT2D eigenvalue weighted by Gasteiger charge is -2.27. The number of carbonyl (C=O) groups excluding carboxylic acids is 1. The third-order valence-corrected chi connectivity index (χ3v) is 8.38. The number of Topliss-reactive ketones (excluding diaryl/α,β-unsaturated/α-hetero) is 1.